The highest BCUT2D eigenvalue weighted by Crippen LogP contribution is 2.26. The van der Waals surface area contributed by atoms with E-state index in [-0.39, 0.29) is 5.91 Å². The fourth-order valence-electron chi connectivity index (χ4n) is 4.20. The lowest BCUT2D eigenvalue weighted by Crippen LogP contribution is -2.47. The molecule has 3 fully saturated rings. The lowest BCUT2D eigenvalue weighted by atomic mass is 9.97. The van der Waals surface area contributed by atoms with E-state index in [1.807, 2.05) is 0 Å². The molecular weight excluding hydrogens is 264 g/mol. The normalized spacial score (nSPS) is 29.6. The van der Waals surface area contributed by atoms with Crippen LogP contribution in [-0.4, -0.2) is 49.2 Å². The van der Waals surface area contributed by atoms with E-state index in [1.54, 1.807) is 0 Å². The summed E-state index contributed by atoms with van der Waals surface area (Å²) in [6, 6.07) is 1.24. The van der Waals surface area contributed by atoms with Crippen LogP contribution < -0.4 is 5.32 Å². The van der Waals surface area contributed by atoms with Gasteiger partial charge < -0.3 is 15.0 Å². The number of piperidine rings is 1. The zero-order chi connectivity index (χ0) is 14.5. The Morgan fingerprint density at radius 1 is 1.05 bits per heavy atom. The SMILES string of the molecule is O=C(CC1CCCOC1)NC1CCN(C2CCCC2)CC1. The average molecular weight is 294 g/mol. The Kier molecular flexibility index (Phi) is 5.53. The van der Waals surface area contributed by atoms with Gasteiger partial charge in [0.2, 0.25) is 5.91 Å². The number of nitrogens with one attached hydrogen (secondary N) is 1. The summed E-state index contributed by atoms with van der Waals surface area (Å²) in [5.41, 5.74) is 0. The van der Waals surface area contributed by atoms with E-state index in [1.165, 1.54) is 38.8 Å². The van der Waals surface area contributed by atoms with E-state index in [0.29, 0.717) is 18.4 Å². The highest BCUT2D eigenvalue weighted by Gasteiger charge is 2.28. The summed E-state index contributed by atoms with van der Waals surface area (Å²) in [7, 11) is 0. The Morgan fingerprint density at radius 2 is 1.81 bits per heavy atom. The standard InChI is InChI=1S/C17H30N2O2/c20-17(12-14-4-3-11-21-13-14)18-15-7-9-19(10-8-15)16-5-1-2-6-16/h14-16H,1-13H2,(H,18,20). The van der Waals surface area contributed by atoms with Crippen molar-refractivity contribution in [2.45, 2.75) is 69.9 Å². The van der Waals surface area contributed by atoms with Gasteiger partial charge in [-0.15, -0.1) is 0 Å². The van der Waals surface area contributed by atoms with Crippen LogP contribution >= 0.6 is 0 Å². The monoisotopic (exact) mass is 294 g/mol. The number of amides is 1. The minimum atomic E-state index is 0.241. The first-order valence-electron chi connectivity index (χ1n) is 8.92. The van der Waals surface area contributed by atoms with Crippen LogP contribution in [0.3, 0.4) is 0 Å². The van der Waals surface area contributed by atoms with Crippen LogP contribution in [0.4, 0.5) is 0 Å². The third kappa shape index (κ3) is 4.43. The molecule has 1 amide bonds. The van der Waals surface area contributed by atoms with Crippen molar-refractivity contribution in [3.63, 3.8) is 0 Å². The zero-order valence-corrected chi connectivity index (χ0v) is 13.2. The zero-order valence-electron chi connectivity index (χ0n) is 13.2. The van der Waals surface area contributed by atoms with Crippen molar-refractivity contribution in [1.82, 2.24) is 10.2 Å². The predicted molar refractivity (Wildman–Crippen MR) is 83.2 cm³/mol. The first-order chi connectivity index (χ1) is 10.3. The van der Waals surface area contributed by atoms with E-state index < -0.39 is 0 Å². The van der Waals surface area contributed by atoms with Gasteiger partial charge in [-0.3, -0.25) is 4.79 Å². The second-order valence-electron chi connectivity index (χ2n) is 7.10. The van der Waals surface area contributed by atoms with Crippen molar-refractivity contribution in [3.05, 3.63) is 0 Å². The third-order valence-corrected chi connectivity index (χ3v) is 5.46. The van der Waals surface area contributed by atoms with Crippen molar-refractivity contribution < 1.29 is 9.53 Å². The van der Waals surface area contributed by atoms with Crippen LogP contribution in [0.5, 0.6) is 0 Å². The second-order valence-corrected chi connectivity index (χ2v) is 7.10. The Hall–Kier alpha value is -0.610. The van der Waals surface area contributed by atoms with Gasteiger partial charge in [0, 0.05) is 44.8 Å². The number of ether oxygens (including phenoxy) is 1. The molecule has 4 heteroatoms. The van der Waals surface area contributed by atoms with Crippen molar-refractivity contribution >= 4 is 5.91 Å². The maximum absolute atomic E-state index is 12.1. The smallest absolute Gasteiger partial charge is 0.220 e. The number of nitrogens with zero attached hydrogens (tertiary/aromatic N) is 1. The summed E-state index contributed by atoms with van der Waals surface area (Å²) in [4.78, 5) is 14.8. The molecule has 3 rings (SSSR count). The molecule has 2 heterocycles. The molecule has 1 aliphatic carbocycles. The molecular formula is C17H30N2O2. The molecule has 21 heavy (non-hydrogen) atoms. The fraction of sp³-hybridized carbons (Fsp3) is 0.941. The maximum atomic E-state index is 12.1. The summed E-state index contributed by atoms with van der Waals surface area (Å²) in [6.07, 6.45) is 10.8. The Bertz CT molecular complexity index is 328. The predicted octanol–water partition coefficient (Wildman–Crippen LogP) is 2.33. The molecule has 0 bridgehead atoms. The molecule has 1 N–H and O–H groups in total. The Balaban J connectivity index is 1.35. The van der Waals surface area contributed by atoms with Gasteiger partial charge in [0.05, 0.1) is 0 Å². The van der Waals surface area contributed by atoms with Crippen molar-refractivity contribution in [3.8, 4) is 0 Å². The summed E-state index contributed by atoms with van der Waals surface area (Å²) in [5.74, 6) is 0.683. The number of hydrogen-bond donors (Lipinski definition) is 1. The molecule has 1 saturated carbocycles. The molecule has 0 aromatic heterocycles. The number of hydrogen-bond acceptors (Lipinski definition) is 3. The summed E-state index contributed by atoms with van der Waals surface area (Å²) >= 11 is 0. The molecule has 1 atom stereocenters. The lowest BCUT2D eigenvalue weighted by molar-refractivity contribution is -0.124. The maximum Gasteiger partial charge on any atom is 0.220 e. The van der Waals surface area contributed by atoms with Gasteiger partial charge in [0.1, 0.15) is 0 Å². The Morgan fingerprint density at radius 3 is 2.48 bits per heavy atom. The van der Waals surface area contributed by atoms with Gasteiger partial charge in [-0.25, -0.2) is 0 Å². The van der Waals surface area contributed by atoms with E-state index >= 15 is 0 Å². The second kappa shape index (κ2) is 7.59. The highest BCUT2D eigenvalue weighted by molar-refractivity contribution is 5.76. The molecule has 0 aromatic rings. The first kappa shape index (κ1) is 15.3. The quantitative estimate of drug-likeness (QED) is 0.865. The molecule has 3 aliphatic rings. The minimum Gasteiger partial charge on any atom is -0.381 e. The summed E-state index contributed by atoms with van der Waals surface area (Å²) < 4.78 is 5.46. The van der Waals surface area contributed by atoms with Crippen LogP contribution in [0.2, 0.25) is 0 Å². The van der Waals surface area contributed by atoms with Crippen molar-refractivity contribution in [1.29, 1.82) is 0 Å². The van der Waals surface area contributed by atoms with Crippen LogP contribution in [0.25, 0.3) is 0 Å². The van der Waals surface area contributed by atoms with E-state index in [0.717, 1.165) is 44.9 Å². The number of carbonyl (C=O) groups excluding carboxylic acids is 1. The molecule has 0 radical (unpaired) electrons. The van der Waals surface area contributed by atoms with Crippen LogP contribution in [0, 0.1) is 5.92 Å². The van der Waals surface area contributed by atoms with E-state index in [9.17, 15) is 4.79 Å². The molecule has 2 saturated heterocycles. The fourth-order valence-corrected chi connectivity index (χ4v) is 4.20. The molecule has 120 valence electrons. The minimum absolute atomic E-state index is 0.241. The van der Waals surface area contributed by atoms with Gasteiger partial charge >= 0.3 is 0 Å². The molecule has 2 aliphatic heterocycles. The van der Waals surface area contributed by atoms with Crippen LogP contribution in [-0.2, 0) is 9.53 Å². The summed E-state index contributed by atoms with van der Waals surface area (Å²) in [6.45, 7) is 3.98. The highest BCUT2D eigenvalue weighted by atomic mass is 16.5. The van der Waals surface area contributed by atoms with E-state index in [4.69, 9.17) is 4.74 Å². The van der Waals surface area contributed by atoms with Crippen LogP contribution in [0.15, 0.2) is 0 Å². The van der Waals surface area contributed by atoms with Gasteiger partial charge in [-0.05, 0) is 44.4 Å². The van der Waals surface area contributed by atoms with Crippen molar-refractivity contribution in [2.24, 2.45) is 5.92 Å². The largest absolute Gasteiger partial charge is 0.381 e. The number of carbonyl (C=O) groups is 1. The molecule has 4 nitrogen and oxygen atoms in total. The number of rotatable bonds is 4. The van der Waals surface area contributed by atoms with Crippen molar-refractivity contribution in [2.75, 3.05) is 26.3 Å². The third-order valence-electron chi connectivity index (χ3n) is 5.46. The molecule has 0 spiro atoms. The molecule has 1 unspecified atom stereocenters. The first-order valence-corrected chi connectivity index (χ1v) is 8.92. The lowest BCUT2D eigenvalue weighted by Gasteiger charge is -2.36. The van der Waals surface area contributed by atoms with Gasteiger partial charge in [0.25, 0.3) is 0 Å². The van der Waals surface area contributed by atoms with E-state index in [2.05, 4.69) is 10.2 Å². The van der Waals surface area contributed by atoms with Crippen LogP contribution in [0.1, 0.15) is 57.8 Å². The van der Waals surface area contributed by atoms with Gasteiger partial charge in [0.15, 0.2) is 0 Å². The van der Waals surface area contributed by atoms with Gasteiger partial charge in [-0.1, -0.05) is 12.8 Å². The van der Waals surface area contributed by atoms with Gasteiger partial charge in [-0.2, -0.15) is 0 Å². The average Bonchev–Trinajstić information content (AvgIpc) is 3.03. The topological polar surface area (TPSA) is 41.6 Å². The molecule has 0 aromatic carbocycles. The Labute approximate surface area is 128 Å². The number of likely N-dealkylation sites (tertiary alicyclic amines) is 1. The summed E-state index contributed by atoms with van der Waals surface area (Å²) in [5, 5.41) is 3.26.